The molecule has 0 N–H and O–H groups in total. The van der Waals surface area contributed by atoms with Crippen LogP contribution >= 0.6 is 0 Å². The summed E-state index contributed by atoms with van der Waals surface area (Å²) in [5.41, 5.74) is 1.69. The minimum absolute atomic E-state index is 0.0157. The van der Waals surface area contributed by atoms with E-state index in [0.29, 0.717) is 32.7 Å². The first-order valence-electron chi connectivity index (χ1n) is 11.5. The monoisotopic (exact) mass is 448 g/mol. The van der Waals surface area contributed by atoms with Crippen LogP contribution in [0.4, 0.5) is 11.5 Å². The standard InChI is InChI=1S/C25H32N6O2/c1-19(2)25-27-20(3)18-22(28-25)29-14-16-30(17-15-29)23(32)10-11-24(33)31(13-7-12-26)21-8-5-4-6-9-21/h4-6,8-9,18-19H,7,10-11,13-17H2,1-3H3. The highest BCUT2D eigenvalue weighted by Gasteiger charge is 2.24. The molecule has 0 atom stereocenters. The van der Waals surface area contributed by atoms with E-state index < -0.39 is 0 Å². The van der Waals surface area contributed by atoms with Gasteiger partial charge in [-0.15, -0.1) is 0 Å². The molecule has 174 valence electrons. The third-order valence-electron chi connectivity index (χ3n) is 5.70. The van der Waals surface area contributed by atoms with Crippen LogP contribution in [0.3, 0.4) is 0 Å². The van der Waals surface area contributed by atoms with Gasteiger partial charge in [-0.1, -0.05) is 32.0 Å². The fourth-order valence-corrected chi connectivity index (χ4v) is 3.85. The zero-order valence-electron chi connectivity index (χ0n) is 19.7. The summed E-state index contributed by atoms with van der Waals surface area (Å²) in [5.74, 6) is 1.85. The lowest BCUT2D eigenvalue weighted by Gasteiger charge is -2.35. The van der Waals surface area contributed by atoms with Gasteiger partial charge in [-0.2, -0.15) is 5.26 Å². The number of piperazine rings is 1. The summed E-state index contributed by atoms with van der Waals surface area (Å²) in [5, 5.41) is 8.93. The Hall–Kier alpha value is -3.47. The molecule has 0 unspecified atom stereocenters. The van der Waals surface area contributed by atoms with Gasteiger partial charge in [0.05, 0.1) is 12.5 Å². The summed E-state index contributed by atoms with van der Waals surface area (Å²) in [6.07, 6.45) is 0.540. The molecular formula is C25H32N6O2. The average molecular weight is 449 g/mol. The largest absolute Gasteiger partial charge is 0.353 e. The molecule has 1 aliphatic heterocycles. The Balaban J connectivity index is 1.54. The molecule has 0 saturated carbocycles. The number of carbonyl (C=O) groups excluding carboxylic acids is 2. The predicted molar refractivity (Wildman–Crippen MR) is 128 cm³/mol. The number of nitrogens with zero attached hydrogens (tertiary/aromatic N) is 6. The van der Waals surface area contributed by atoms with Crippen molar-refractivity contribution in [3.05, 3.63) is 47.9 Å². The SMILES string of the molecule is Cc1cc(N2CCN(C(=O)CCC(=O)N(CCC#N)c3ccccc3)CC2)nc(C(C)C)n1. The van der Waals surface area contributed by atoms with Crippen molar-refractivity contribution in [3.63, 3.8) is 0 Å². The number of hydrogen-bond acceptors (Lipinski definition) is 6. The maximum Gasteiger partial charge on any atom is 0.227 e. The van der Waals surface area contributed by atoms with Crippen molar-refractivity contribution in [1.82, 2.24) is 14.9 Å². The second kappa shape index (κ2) is 11.4. The molecule has 0 bridgehead atoms. The number of aromatic nitrogens is 2. The molecule has 1 aromatic carbocycles. The van der Waals surface area contributed by atoms with Crippen LogP contribution in [0, 0.1) is 18.3 Å². The van der Waals surface area contributed by atoms with Crippen LogP contribution in [0.25, 0.3) is 0 Å². The van der Waals surface area contributed by atoms with Gasteiger partial charge in [0.15, 0.2) is 0 Å². The van der Waals surface area contributed by atoms with Crippen LogP contribution in [0.2, 0.25) is 0 Å². The molecule has 8 heteroatoms. The molecule has 0 spiro atoms. The van der Waals surface area contributed by atoms with Gasteiger partial charge in [-0.3, -0.25) is 9.59 Å². The van der Waals surface area contributed by atoms with Gasteiger partial charge in [0, 0.05) is 68.9 Å². The van der Waals surface area contributed by atoms with Crippen LogP contribution in [0.15, 0.2) is 36.4 Å². The molecule has 1 aromatic heterocycles. The maximum absolute atomic E-state index is 12.8. The number of carbonyl (C=O) groups is 2. The molecule has 1 fully saturated rings. The van der Waals surface area contributed by atoms with Crippen molar-refractivity contribution in [2.45, 2.75) is 46.0 Å². The molecule has 1 aliphatic rings. The van der Waals surface area contributed by atoms with Crippen molar-refractivity contribution in [3.8, 4) is 6.07 Å². The predicted octanol–water partition coefficient (Wildman–Crippen LogP) is 3.28. The minimum atomic E-state index is -0.138. The highest BCUT2D eigenvalue weighted by molar-refractivity contribution is 5.95. The lowest BCUT2D eigenvalue weighted by atomic mass is 10.2. The molecule has 0 radical (unpaired) electrons. The van der Waals surface area contributed by atoms with E-state index in [4.69, 9.17) is 10.2 Å². The Bertz CT molecular complexity index is 994. The summed E-state index contributed by atoms with van der Waals surface area (Å²) in [7, 11) is 0. The van der Waals surface area contributed by atoms with E-state index in [9.17, 15) is 9.59 Å². The topological polar surface area (TPSA) is 93.4 Å². The van der Waals surface area contributed by atoms with Crippen molar-refractivity contribution in [2.24, 2.45) is 0 Å². The third-order valence-corrected chi connectivity index (χ3v) is 5.70. The number of anilines is 2. The molecule has 2 heterocycles. The number of benzene rings is 1. The third kappa shape index (κ3) is 6.51. The first kappa shape index (κ1) is 24.2. The summed E-state index contributed by atoms with van der Waals surface area (Å²) in [4.78, 5) is 40.4. The summed E-state index contributed by atoms with van der Waals surface area (Å²) >= 11 is 0. The first-order chi connectivity index (χ1) is 15.9. The molecule has 1 saturated heterocycles. The Labute approximate surface area is 195 Å². The zero-order valence-corrected chi connectivity index (χ0v) is 19.7. The van der Waals surface area contributed by atoms with Gasteiger partial charge in [0.25, 0.3) is 0 Å². The van der Waals surface area contributed by atoms with Crippen molar-refractivity contribution in [2.75, 3.05) is 42.5 Å². The number of aryl methyl sites for hydroxylation is 1. The van der Waals surface area contributed by atoms with Crippen molar-refractivity contribution >= 4 is 23.3 Å². The number of para-hydroxylation sites is 1. The quantitative estimate of drug-likeness (QED) is 0.615. The van der Waals surface area contributed by atoms with E-state index in [2.05, 4.69) is 29.8 Å². The van der Waals surface area contributed by atoms with Crippen LogP contribution < -0.4 is 9.80 Å². The van der Waals surface area contributed by atoms with E-state index in [1.165, 1.54) is 0 Å². The Morgan fingerprint density at radius 3 is 2.42 bits per heavy atom. The smallest absolute Gasteiger partial charge is 0.227 e. The van der Waals surface area contributed by atoms with Crippen molar-refractivity contribution in [1.29, 1.82) is 5.26 Å². The fraction of sp³-hybridized carbons (Fsp3) is 0.480. The molecule has 33 heavy (non-hydrogen) atoms. The summed E-state index contributed by atoms with van der Waals surface area (Å²) in [6, 6.07) is 13.4. The van der Waals surface area contributed by atoms with Crippen LogP contribution in [-0.2, 0) is 9.59 Å². The molecule has 2 amide bonds. The Kier molecular flexibility index (Phi) is 8.36. The number of amides is 2. The number of nitriles is 1. The molecular weight excluding hydrogens is 416 g/mol. The van der Waals surface area contributed by atoms with E-state index in [1.54, 1.807) is 4.90 Å². The normalized spacial score (nSPS) is 13.7. The maximum atomic E-state index is 12.8. The number of rotatable bonds is 8. The Morgan fingerprint density at radius 1 is 1.09 bits per heavy atom. The van der Waals surface area contributed by atoms with Gasteiger partial charge in [-0.05, 0) is 19.1 Å². The van der Waals surface area contributed by atoms with Gasteiger partial charge in [0.1, 0.15) is 11.6 Å². The van der Waals surface area contributed by atoms with Gasteiger partial charge in [0.2, 0.25) is 11.8 Å². The molecule has 8 nitrogen and oxygen atoms in total. The Morgan fingerprint density at radius 2 is 1.79 bits per heavy atom. The zero-order chi connectivity index (χ0) is 23.8. The van der Waals surface area contributed by atoms with Gasteiger partial charge < -0.3 is 14.7 Å². The van der Waals surface area contributed by atoms with E-state index in [1.807, 2.05) is 48.2 Å². The second-order valence-electron chi connectivity index (χ2n) is 8.54. The first-order valence-corrected chi connectivity index (χ1v) is 11.5. The molecule has 3 rings (SSSR count). The van der Waals surface area contributed by atoms with Crippen LogP contribution in [-0.4, -0.2) is 59.4 Å². The fourth-order valence-electron chi connectivity index (χ4n) is 3.85. The van der Waals surface area contributed by atoms with Crippen LogP contribution in [0.5, 0.6) is 0 Å². The minimum Gasteiger partial charge on any atom is -0.353 e. The molecule has 0 aliphatic carbocycles. The second-order valence-corrected chi connectivity index (χ2v) is 8.54. The summed E-state index contributed by atoms with van der Waals surface area (Å²) < 4.78 is 0. The number of hydrogen-bond donors (Lipinski definition) is 0. The van der Waals surface area contributed by atoms with Gasteiger partial charge >= 0.3 is 0 Å². The molecule has 2 aromatic rings. The van der Waals surface area contributed by atoms with E-state index in [0.717, 1.165) is 23.0 Å². The van der Waals surface area contributed by atoms with E-state index in [-0.39, 0.29) is 37.0 Å². The van der Waals surface area contributed by atoms with Gasteiger partial charge in [-0.25, -0.2) is 9.97 Å². The highest BCUT2D eigenvalue weighted by atomic mass is 16.2. The van der Waals surface area contributed by atoms with Crippen LogP contribution in [0.1, 0.15) is 50.5 Å². The lowest BCUT2D eigenvalue weighted by molar-refractivity contribution is -0.133. The highest BCUT2D eigenvalue weighted by Crippen LogP contribution is 2.20. The lowest BCUT2D eigenvalue weighted by Crippen LogP contribution is -2.49. The average Bonchev–Trinajstić information content (AvgIpc) is 2.83. The van der Waals surface area contributed by atoms with E-state index >= 15 is 0 Å². The van der Waals surface area contributed by atoms with Crippen molar-refractivity contribution < 1.29 is 9.59 Å². The summed E-state index contributed by atoms with van der Waals surface area (Å²) in [6.45, 7) is 9.06.